The molecule has 0 aliphatic heterocycles. The molecular weight excluding hydrogens is 241 g/mol. The molecule has 0 aliphatic carbocycles. The minimum Gasteiger partial charge on any atom is -0.283 e. The summed E-state index contributed by atoms with van der Waals surface area (Å²) in [5.74, 6) is 5.04. The van der Waals surface area contributed by atoms with E-state index in [1.54, 1.807) is 0 Å². The van der Waals surface area contributed by atoms with Crippen LogP contribution in [0.1, 0.15) is 0 Å². The van der Waals surface area contributed by atoms with Gasteiger partial charge >= 0.3 is 0 Å². The highest BCUT2D eigenvalue weighted by molar-refractivity contribution is 7.92. The van der Waals surface area contributed by atoms with Crippen LogP contribution in [0.2, 0.25) is 0 Å². The van der Waals surface area contributed by atoms with Crippen LogP contribution in [0, 0.1) is 0 Å². The SMILES string of the molecule is CN(N)[P@@](=O)(Cl)C(Cl)(Cl)Cl. The molecule has 62 valence electrons. The van der Waals surface area contributed by atoms with E-state index in [9.17, 15) is 4.57 Å². The van der Waals surface area contributed by atoms with Crippen LogP contribution < -0.4 is 5.84 Å². The highest BCUT2D eigenvalue weighted by atomic mass is 35.7. The van der Waals surface area contributed by atoms with E-state index in [1.807, 2.05) is 0 Å². The molecule has 3 nitrogen and oxygen atoms in total. The third-order valence-electron chi connectivity index (χ3n) is 0.718. The number of hydrogen-bond donors (Lipinski definition) is 1. The van der Waals surface area contributed by atoms with Crippen LogP contribution in [0.15, 0.2) is 0 Å². The highest BCUT2D eigenvalue weighted by Gasteiger charge is 2.45. The largest absolute Gasteiger partial charge is 0.297 e. The second-order valence-electron chi connectivity index (χ2n) is 1.54. The average molecular weight is 246 g/mol. The van der Waals surface area contributed by atoms with Gasteiger partial charge in [-0.1, -0.05) is 34.8 Å². The Hall–Kier alpha value is 1.31. The van der Waals surface area contributed by atoms with Gasteiger partial charge in [0.05, 0.1) is 0 Å². The van der Waals surface area contributed by atoms with E-state index < -0.39 is 10.2 Å². The maximum absolute atomic E-state index is 11.1. The third kappa shape index (κ3) is 2.42. The van der Waals surface area contributed by atoms with Crippen LogP contribution in [0.5, 0.6) is 0 Å². The van der Waals surface area contributed by atoms with Crippen LogP contribution in [-0.4, -0.2) is 15.4 Å². The number of nitrogens with two attached hydrogens (primary N) is 1. The Bertz CT molecular complexity index is 165. The van der Waals surface area contributed by atoms with Gasteiger partial charge in [-0.3, -0.25) is 10.4 Å². The van der Waals surface area contributed by atoms with Gasteiger partial charge < -0.3 is 0 Å². The van der Waals surface area contributed by atoms with E-state index in [0.717, 1.165) is 0 Å². The lowest BCUT2D eigenvalue weighted by Gasteiger charge is -2.23. The first kappa shape index (κ1) is 11.3. The third-order valence-corrected chi connectivity index (χ3v) is 6.47. The first-order valence-corrected chi connectivity index (χ1v) is 5.75. The van der Waals surface area contributed by atoms with Gasteiger partial charge in [0.15, 0.2) is 0 Å². The number of halogens is 4. The normalized spacial score (nSPS) is 19.1. The number of hydrogen-bond acceptors (Lipinski definition) is 2. The standard InChI is InChI=1S/C2H5Cl4N2OP/c1-8(7)10(6,9)2(3,4)5/h7H2,1H3/t10-/m0/s1. The Balaban J connectivity index is 4.59. The van der Waals surface area contributed by atoms with E-state index in [2.05, 4.69) is 0 Å². The zero-order chi connectivity index (χ0) is 8.58. The Labute approximate surface area is 78.5 Å². The van der Waals surface area contributed by atoms with E-state index in [4.69, 9.17) is 51.9 Å². The molecule has 10 heavy (non-hydrogen) atoms. The fourth-order valence-electron chi connectivity index (χ4n) is 0.179. The lowest BCUT2D eigenvalue weighted by atomic mass is 11.5. The average Bonchev–Trinajstić information content (AvgIpc) is 1.62. The Morgan fingerprint density at radius 2 is 1.80 bits per heavy atom. The maximum Gasteiger partial charge on any atom is 0.297 e. The minimum atomic E-state index is -3.57. The van der Waals surface area contributed by atoms with Crippen molar-refractivity contribution in [3.63, 3.8) is 0 Å². The first-order valence-electron chi connectivity index (χ1n) is 2.05. The molecule has 0 radical (unpaired) electrons. The monoisotopic (exact) mass is 244 g/mol. The van der Waals surface area contributed by atoms with Crippen molar-refractivity contribution in [1.82, 2.24) is 4.78 Å². The van der Waals surface area contributed by atoms with Crippen molar-refractivity contribution in [1.29, 1.82) is 0 Å². The molecule has 0 unspecified atom stereocenters. The van der Waals surface area contributed by atoms with Crippen molar-refractivity contribution < 1.29 is 4.57 Å². The van der Waals surface area contributed by atoms with Gasteiger partial charge in [0, 0.05) is 7.05 Å². The zero-order valence-electron chi connectivity index (χ0n) is 4.89. The molecule has 0 saturated heterocycles. The minimum absolute atomic E-state index is 0.696. The van der Waals surface area contributed by atoms with E-state index in [1.165, 1.54) is 7.05 Å². The fourth-order valence-corrected chi connectivity index (χ4v) is 1.61. The molecule has 0 aromatic carbocycles. The molecule has 0 aromatic rings. The van der Waals surface area contributed by atoms with Crippen molar-refractivity contribution in [2.45, 2.75) is 3.53 Å². The Morgan fingerprint density at radius 3 is 1.80 bits per heavy atom. The van der Waals surface area contributed by atoms with Gasteiger partial charge in [-0.15, -0.1) is 0 Å². The molecule has 0 aliphatic rings. The quantitative estimate of drug-likeness (QED) is 0.334. The molecule has 0 spiro atoms. The van der Waals surface area contributed by atoms with Crippen LogP contribution >= 0.6 is 52.7 Å². The number of alkyl halides is 3. The van der Waals surface area contributed by atoms with Gasteiger partial charge in [0.2, 0.25) is 0 Å². The number of hydrazine groups is 1. The number of rotatable bonds is 1. The van der Waals surface area contributed by atoms with Gasteiger partial charge in [-0.2, -0.15) is 4.78 Å². The summed E-state index contributed by atoms with van der Waals surface area (Å²) in [5.41, 5.74) is 0. The predicted octanol–water partition coefficient (Wildman–Crippen LogP) is 2.55. The zero-order valence-corrected chi connectivity index (χ0v) is 8.81. The predicted molar refractivity (Wildman–Crippen MR) is 45.7 cm³/mol. The Morgan fingerprint density at radius 1 is 1.50 bits per heavy atom. The van der Waals surface area contributed by atoms with Crippen LogP contribution in [-0.2, 0) is 4.57 Å². The molecule has 8 heteroatoms. The summed E-state index contributed by atoms with van der Waals surface area (Å²) >= 11 is 21.0. The molecule has 2 N–H and O–H groups in total. The summed E-state index contributed by atoms with van der Waals surface area (Å²) in [6.45, 7) is -3.57. The summed E-state index contributed by atoms with van der Waals surface area (Å²) in [5, 5.41) is 0. The first-order chi connectivity index (χ1) is 4.19. The fraction of sp³-hybridized carbons (Fsp3) is 1.00. The van der Waals surface area contributed by atoms with Gasteiger partial charge in [-0.25, -0.2) is 0 Å². The highest BCUT2D eigenvalue weighted by Crippen LogP contribution is 2.69. The van der Waals surface area contributed by atoms with Crippen LogP contribution in [0.25, 0.3) is 0 Å². The van der Waals surface area contributed by atoms with Crippen molar-refractivity contribution in [2.24, 2.45) is 5.84 Å². The molecule has 0 fully saturated rings. The van der Waals surface area contributed by atoms with E-state index >= 15 is 0 Å². The van der Waals surface area contributed by atoms with Crippen molar-refractivity contribution in [3.05, 3.63) is 0 Å². The summed E-state index contributed by atoms with van der Waals surface area (Å²) in [4.78, 5) is 0. The molecule has 0 amide bonds. The molecule has 1 atom stereocenters. The van der Waals surface area contributed by atoms with Crippen molar-refractivity contribution in [2.75, 3.05) is 7.05 Å². The second kappa shape index (κ2) is 3.36. The molecule has 0 rings (SSSR count). The van der Waals surface area contributed by atoms with Crippen molar-refractivity contribution in [3.8, 4) is 0 Å². The lowest BCUT2D eigenvalue weighted by Crippen LogP contribution is -2.25. The topological polar surface area (TPSA) is 46.3 Å². The summed E-state index contributed by atoms with van der Waals surface area (Å²) in [6, 6.07) is 0. The van der Waals surface area contributed by atoms with E-state index in [0.29, 0.717) is 4.78 Å². The van der Waals surface area contributed by atoms with E-state index in [-0.39, 0.29) is 0 Å². The second-order valence-corrected chi connectivity index (χ2v) is 8.30. The summed E-state index contributed by atoms with van der Waals surface area (Å²) < 4.78 is 9.76. The molecule has 0 bridgehead atoms. The summed E-state index contributed by atoms with van der Waals surface area (Å²) in [7, 11) is 1.26. The summed E-state index contributed by atoms with van der Waals surface area (Å²) in [6.07, 6.45) is 0. The van der Waals surface area contributed by atoms with Crippen LogP contribution in [0.3, 0.4) is 0 Å². The number of nitrogens with zero attached hydrogens (tertiary/aromatic N) is 1. The van der Waals surface area contributed by atoms with Crippen LogP contribution in [0.4, 0.5) is 0 Å². The Kier molecular flexibility index (Phi) is 3.80. The van der Waals surface area contributed by atoms with Gasteiger partial charge in [-0.05, 0) is 11.2 Å². The maximum atomic E-state index is 11.1. The lowest BCUT2D eigenvalue weighted by molar-refractivity contribution is 0.497. The molecule has 0 saturated carbocycles. The molecule has 0 heterocycles. The van der Waals surface area contributed by atoms with Gasteiger partial charge in [0.1, 0.15) is 0 Å². The smallest absolute Gasteiger partial charge is 0.283 e. The molecule has 0 aromatic heterocycles. The van der Waals surface area contributed by atoms with Gasteiger partial charge in [0.25, 0.3) is 10.2 Å². The van der Waals surface area contributed by atoms with Crippen molar-refractivity contribution >= 4 is 52.7 Å². The molecular formula is C2H5Cl4N2OP.